The van der Waals surface area contributed by atoms with Crippen molar-refractivity contribution in [3.63, 3.8) is 0 Å². The second-order valence-corrected chi connectivity index (χ2v) is 9.79. The average molecular weight is 409 g/mol. The molecule has 1 unspecified atom stereocenters. The van der Waals surface area contributed by atoms with Gasteiger partial charge in [-0.25, -0.2) is 8.42 Å². The fraction of sp³-hybridized carbons (Fsp3) is 0.261. The molecule has 0 radical (unpaired) electrons. The Morgan fingerprint density at radius 1 is 0.931 bits per heavy atom. The molecular weight excluding hydrogens is 384 g/mol. The van der Waals surface area contributed by atoms with E-state index in [1.165, 1.54) is 6.08 Å². The van der Waals surface area contributed by atoms with Gasteiger partial charge in [0.2, 0.25) is 15.2 Å². The maximum atomic E-state index is 13.7. The number of para-hydroxylation sites is 1. The number of ketones is 1. The summed E-state index contributed by atoms with van der Waals surface area (Å²) >= 11 is 0. The Morgan fingerprint density at radius 3 is 2.31 bits per heavy atom. The topological polar surface area (TPSA) is 57.7 Å². The van der Waals surface area contributed by atoms with Gasteiger partial charge in [0.25, 0.3) is 0 Å². The average Bonchev–Trinajstić information content (AvgIpc) is 3.02. The minimum atomic E-state index is -3.93. The number of benzene rings is 2. The molecule has 6 heteroatoms. The van der Waals surface area contributed by atoms with Crippen molar-refractivity contribution in [3.05, 3.63) is 76.5 Å². The highest BCUT2D eigenvalue weighted by Gasteiger charge is 2.46. The Morgan fingerprint density at radius 2 is 1.62 bits per heavy atom. The van der Waals surface area contributed by atoms with Gasteiger partial charge in [0, 0.05) is 37.1 Å². The first-order valence-corrected chi connectivity index (χ1v) is 11.0. The third-order valence-corrected chi connectivity index (χ3v) is 7.95. The highest BCUT2D eigenvalue weighted by molar-refractivity contribution is 7.93. The Labute approximate surface area is 171 Å². The van der Waals surface area contributed by atoms with Gasteiger partial charge in [-0.1, -0.05) is 24.3 Å². The summed E-state index contributed by atoms with van der Waals surface area (Å²) in [5.74, 6) is -0.413. The molecule has 4 rings (SSSR count). The summed E-state index contributed by atoms with van der Waals surface area (Å²) in [5.41, 5.74) is 5.83. The molecule has 2 aliphatic rings. The van der Waals surface area contributed by atoms with E-state index in [-0.39, 0.29) is 4.90 Å². The van der Waals surface area contributed by atoms with Crippen molar-refractivity contribution in [3.8, 4) is 0 Å². The van der Waals surface area contributed by atoms with Crippen molar-refractivity contribution in [2.24, 2.45) is 0 Å². The van der Waals surface area contributed by atoms with Crippen LogP contribution in [0.5, 0.6) is 0 Å². The van der Waals surface area contributed by atoms with E-state index in [0.29, 0.717) is 11.3 Å². The monoisotopic (exact) mass is 408 g/mol. The van der Waals surface area contributed by atoms with Crippen LogP contribution in [0.4, 0.5) is 5.69 Å². The van der Waals surface area contributed by atoms with Gasteiger partial charge in [-0.2, -0.15) is 0 Å². The summed E-state index contributed by atoms with van der Waals surface area (Å²) in [6.07, 6.45) is 3.32. The number of carbonyl (C=O) groups is 1. The summed E-state index contributed by atoms with van der Waals surface area (Å²) in [6, 6.07) is 11.0. The molecule has 0 aromatic heterocycles. The lowest BCUT2D eigenvalue weighted by atomic mass is 10.0. The summed E-state index contributed by atoms with van der Waals surface area (Å²) in [5, 5.41) is -1.29. The highest BCUT2D eigenvalue weighted by Crippen LogP contribution is 2.43. The molecule has 2 aromatic rings. The molecule has 5 nitrogen and oxygen atoms in total. The first kappa shape index (κ1) is 19.5. The largest absolute Gasteiger partial charge is 0.377 e. The molecule has 0 spiro atoms. The summed E-state index contributed by atoms with van der Waals surface area (Å²) in [4.78, 5) is 16.8. The van der Waals surface area contributed by atoms with Gasteiger partial charge < -0.3 is 9.80 Å². The molecule has 150 valence electrons. The molecule has 2 heterocycles. The number of hydrogen-bond acceptors (Lipinski definition) is 5. The summed E-state index contributed by atoms with van der Waals surface area (Å²) in [6.45, 7) is 5.66. The number of sulfone groups is 1. The maximum absolute atomic E-state index is 13.7. The third kappa shape index (κ3) is 2.82. The quantitative estimate of drug-likeness (QED) is 0.777. The second-order valence-electron chi connectivity index (χ2n) is 7.81. The third-order valence-electron chi connectivity index (χ3n) is 5.86. The van der Waals surface area contributed by atoms with Crippen LogP contribution in [-0.2, 0) is 14.6 Å². The second kappa shape index (κ2) is 6.59. The Balaban J connectivity index is 1.91. The lowest BCUT2D eigenvalue weighted by molar-refractivity contribution is -0.113. The predicted octanol–water partition coefficient (Wildman–Crippen LogP) is 3.60. The van der Waals surface area contributed by atoms with E-state index in [2.05, 4.69) is 0 Å². The normalized spacial score (nSPS) is 18.2. The first-order valence-electron chi connectivity index (χ1n) is 9.48. The smallest absolute Gasteiger partial charge is 0.207 e. The summed E-state index contributed by atoms with van der Waals surface area (Å²) in [7, 11) is -0.0616. The van der Waals surface area contributed by atoms with Crippen LogP contribution in [0.1, 0.15) is 22.3 Å². The number of nitrogens with zero attached hydrogens (tertiary/aromatic N) is 2. The molecule has 0 N–H and O–H groups in total. The minimum Gasteiger partial charge on any atom is -0.377 e. The van der Waals surface area contributed by atoms with Crippen LogP contribution in [0.3, 0.4) is 0 Å². The Hall–Kier alpha value is -2.86. The zero-order valence-corrected chi connectivity index (χ0v) is 18.0. The molecule has 0 aliphatic carbocycles. The zero-order valence-electron chi connectivity index (χ0n) is 17.2. The van der Waals surface area contributed by atoms with Crippen molar-refractivity contribution in [2.75, 3.05) is 19.0 Å². The lowest BCUT2D eigenvalue weighted by Gasteiger charge is -2.35. The molecule has 0 amide bonds. The Bertz CT molecular complexity index is 1210. The SMILES string of the molecule is Cc1ccc(S(=O)(=O)C2C(=O)C=C3C=C(N(C)C)c4ccccc4N32)c(C)c1C. The minimum absolute atomic E-state index is 0.216. The number of carbonyl (C=O) groups excluding carboxylic acids is 1. The van der Waals surface area contributed by atoms with Crippen LogP contribution in [0, 0.1) is 20.8 Å². The van der Waals surface area contributed by atoms with Gasteiger partial charge in [0.1, 0.15) is 0 Å². The molecule has 2 aliphatic heterocycles. The number of rotatable bonds is 3. The molecule has 0 saturated heterocycles. The first-order chi connectivity index (χ1) is 13.6. The van der Waals surface area contributed by atoms with Gasteiger partial charge in [-0.15, -0.1) is 0 Å². The van der Waals surface area contributed by atoms with Crippen LogP contribution >= 0.6 is 0 Å². The van der Waals surface area contributed by atoms with Gasteiger partial charge in [-0.3, -0.25) is 4.79 Å². The molecule has 0 fully saturated rings. The summed E-state index contributed by atoms with van der Waals surface area (Å²) < 4.78 is 27.4. The van der Waals surface area contributed by atoms with Crippen molar-refractivity contribution >= 4 is 27.0 Å². The van der Waals surface area contributed by atoms with Gasteiger partial charge in [-0.05, 0) is 55.7 Å². The standard InChI is InChI=1S/C23H24N2O3S/c1-14-10-11-22(16(3)15(14)2)29(27,28)23-21(26)13-17-12-20(24(4)5)18-8-6-7-9-19(18)25(17)23/h6-13,23H,1-5H3. The maximum Gasteiger partial charge on any atom is 0.207 e. The van der Waals surface area contributed by atoms with E-state index >= 15 is 0 Å². The fourth-order valence-corrected chi connectivity index (χ4v) is 6.03. The number of allylic oxidation sites excluding steroid dienone is 1. The fourth-order valence-electron chi connectivity index (χ4n) is 4.07. The van der Waals surface area contributed by atoms with Gasteiger partial charge in [0.15, 0.2) is 5.78 Å². The van der Waals surface area contributed by atoms with Gasteiger partial charge >= 0.3 is 0 Å². The van der Waals surface area contributed by atoms with E-state index in [1.807, 2.05) is 63.2 Å². The van der Waals surface area contributed by atoms with E-state index in [0.717, 1.165) is 28.1 Å². The van der Waals surface area contributed by atoms with E-state index in [1.54, 1.807) is 24.0 Å². The van der Waals surface area contributed by atoms with Crippen molar-refractivity contribution in [1.82, 2.24) is 4.90 Å². The van der Waals surface area contributed by atoms with Gasteiger partial charge in [0.05, 0.1) is 10.6 Å². The molecule has 0 saturated carbocycles. The number of fused-ring (bicyclic) bond motifs is 3. The van der Waals surface area contributed by atoms with Crippen molar-refractivity contribution < 1.29 is 13.2 Å². The van der Waals surface area contributed by atoms with Crippen molar-refractivity contribution in [2.45, 2.75) is 31.0 Å². The molecular formula is C23H24N2O3S. The van der Waals surface area contributed by atoms with Crippen molar-refractivity contribution in [1.29, 1.82) is 0 Å². The molecule has 0 bridgehead atoms. The van der Waals surface area contributed by atoms with Crippen LogP contribution in [0.15, 0.2) is 59.1 Å². The zero-order chi connectivity index (χ0) is 21.1. The lowest BCUT2D eigenvalue weighted by Crippen LogP contribution is -2.42. The molecule has 1 atom stereocenters. The van der Waals surface area contributed by atoms with Crippen LogP contribution in [0.25, 0.3) is 5.70 Å². The number of anilines is 1. The Kier molecular flexibility index (Phi) is 4.42. The van der Waals surface area contributed by atoms with E-state index in [9.17, 15) is 13.2 Å². The van der Waals surface area contributed by atoms with E-state index < -0.39 is 21.0 Å². The number of hydrogen-bond donors (Lipinski definition) is 0. The van der Waals surface area contributed by atoms with Crippen LogP contribution in [-0.4, -0.2) is 38.6 Å². The highest BCUT2D eigenvalue weighted by atomic mass is 32.2. The molecule has 2 aromatic carbocycles. The molecule has 29 heavy (non-hydrogen) atoms. The van der Waals surface area contributed by atoms with Crippen LogP contribution in [0.2, 0.25) is 0 Å². The predicted molar refractivity (Wildman–Crippen MR) is 115 cm³/mol. The van der Waals surface area contributed by atoms with E-state index in [4.69, 9.17) is 0 Å². The number of aryl methyl sites for hydroxylation is 1. The van der Waals surface area contributed by atoms with Crippen LogP contribution < -0.4 is 4.90 Å².